The van der Waals surface area contributed by atoms with Crippen LogP contribution >= 0.6 is 0 Å². The van der Waals surface area contributed by atoms with Crippen LogP contribution in [-0.4, -0.2) is 42.6 Å². The van der Waals surface area contributed by atoms with Gasteiger partial charge in [0.25, 0.3) is 0 Å². The van der Waals surface area contributed by atoms with Gasteiger partial charge in [0.2, 0.25) is 10.0 Å². The number of para-hydroxylation sites is 1. The van der Waals surface area contributed by atoms with Crippen molar-refractivity contribution in [3.8, 4) is 0 Å². The summed E-state index contributed by atoms with van der Waals surface area (Å²) >= 11 is 0. The van der Waals surface area contributed by atoms with Crippen LogP contribution in [0.3, 0.4) is 0 Å². The number of halogens is 1. The molecule has 0 bridgehead atoms. The molecule has 152 valence electrons. The Labute approximate surface area is 169 Å². The first-order chi connectivity index (χ1) is 13.9. The summed E-state index contributed by atoms with van der Waals surface area (Å²) < 4.78 is 41.5. The lowest BCUT2D eigenvalue weighted by Crippen LogP contribution is -2.38. The normalized spacial score (nSPS) is 16.2. The second-order valence-electron chi connectivity index (χ2n) is 7.13. The average Bonchev–Trinajstić information content (AvgIpc) is 3.17. The van der Waals surface area contributed by atoms with E-state index in [0.717, 1.165) is 16.5 Å². The van der Waals surface area contributed by atoms with Gasteiger partial charge in [0.05, 0.1) is 10.4 Å². The maximum absolute atomic E-state index is 13.3. The predicted molar refractivity (Wildman–Crippen MR) is 109 cm³/mol. The fourth-order valence-corrected chi connectivity index (χ4v) is 4.99. The van der Waals surface area contributed by atoms with Gasteiger partial charge in [-0.3, -0.25) is 4.57 Å². The Morgan fingerprint density at radius 3 is 2.45 bits per heavy atom. The van der Waals surface area contributed by atoms with Crippen LogP contribution in [0.15, 0.2) is 65.7 Å². The zero-order chi connectivity index (χ0) is 20.4. The number of amides is 1. The van der Waals surface area contributed by atoms with Crippen molar-refractivity contribution >= 4 is 27.0 Å². The van der Waals surface area contributed by atoms with E-state index < -0.39 is 16.2 Å². The number of alkyl halides is 1. The van der Waals surface area contributed by atoms with Crippen molar-refractivity contribution < 1.29 is 17.6 Å². The summed E-state index contributed by atoms with van der Waals surface area (Å²) in [6.07, 6.45) is 1.26. The molecule has 1 aliphatic rings. The molecule has 4 rings (SSSR count). The third-order valence-corrected chi connectivity index (χ3v) is 7.12. The van der Waals surface area contributed by atoms with Crippen molar-refractivity contribution in [1.82, 2.24) is 14.2 Å². The molecule has 1 saturated heterocycles. The SMILES string of the molecule is O=C(NCc1ccc(S(=O)(=O)N2CCC(F)CC2)cc1)n1ccc2ccccc21. The molecule has 8 heteroatoms. The maximum atomic E-state index is 13.3. The molecule has 6 nitrogen and oxygen atoms in total. The molecule has 1 fully saturated rings. The number of fused-ring (bicyclic) bond motifs is 1. The van der Waals surface area contributed by atoms with E-state index in [-0.39, 0.29) is 43.4 Å². The number of hydrogen-bond acceptors (Lipinski definition) is 3. The van der Waals surface area contributed by atoms with Gasteiger partial charge in [-0.25, -0.2) is 17.6 Å². The zero-order valence-electron chi connectivity index (χ0n) is 15.8. The number of rotatable bonds is 4. The number of carbonyl (C=O) groups is 1. The van der Waals surface area contributed by atoms with E-state index in [1.807, 2.05) is 30.3 Å². The molecule has 0 unspecified atom stereocenters. The number of hydrogen-bond donors (Lipinski definition) is 1. The molecule has 0 saturated carbocycles. The van der Waals surface area contributed by atoms with Gasteiger partial charge >= 0.3 is 6.03 Å². The molecule has 2 aromatic carbocycles. The van der Waals surface area contributed by atoms with Crippen molar-refractivity contribution in [2.45, 2.75) is 30.5 Å². The Balaban J connectivity index is 1.41. The summed E-state index contributed by atoms with van der Waals surface area (Å²) in [6.45, 7) is 0.678. The Morgan fingerprint density at radius 1 is 1.03 bits per heavy atom. The second-order valence-corrected chi connectivity index (χ2v) is 9.06. The third-order valence-electron chi connectivity index (χ3n) is 5.21. The summed E-state index contributed by atoms with van der Waals surface area (Å²) in [5, 5.41) is 3.82. The summed E-state index contributed by atoms with van der Waals surface area (Å²) in [5.74, 6) is 0. The standard InChI is InChI=1S/C21H22FN3O3S/c22-18-10-12-24(13-11-18)29(27,28)19-7-5-16(6-8-19)15-23-21(26)25-14-9-17-3-1-2-4-20(17)25/h1-9,14,18H,10-13,15H2,(H,23,26). The number of benzene rings is 2. The minimum Gasteiger partial charge on any atom is -0.333 e. The Kier molecular flexibility index (Phi) is 5.38. The van der Waals surface area contributed by atoms with Crippen LogP contribution < -0.4 is 5.32 Å². The quantitative estimate of drug-likeness (QED) is 0.709. The molecule has 3 aromatic rings. The number of nitrogens with one attached hydrogen (secondary N) is 1. The van der Waals surface area contributed by atoms with Gasteiger partial charge in [0.1, 0.15) is 6.17 Å². The summed E-state index contributed by atoms with van der Waals surface area (Å²) in [7, 11) is -3.62. The molecule has 0 aliphatic carbocycles. The van der Waals surface area contributed by atoms with Crippen LogP contribution in [0.1, 0.15) is 18.4 Å². The summed E-state index contributed by atoms with van der Waals surface area (Å²) in [6, 6.07) is 15.7. The van der Waals surface area contributed by atoms with Gasteiger partial charge in [-0.2, -0.15) is 4.31 Å². The largest absolute Gasteiger partial charge is 0.333 e. The first-order valence-corrected chi connectivity index (χ1v) is 11.0. The van der Waals surface area contributed by atoms with Crippen molar-refractivity contribution in [3.63, 3.8) is 0 Å². The monoisotopic (exact) mass is 415 g/mol. The van der Waals surface area contributed by atoms with Crippen LogP contribution in [0.2, 0.25) is 0 Å². The van der Waals surface area contributed by atoms with Crippen LogP contribution in [0.25, 0.3) is 10.9 Å². The van der Waals surface area contributed by atoms with Gasteiger partial charge in [0.15, 0.2) is 0 Å². The highest BCUT2D eigenvalue weighted by atomic mass is 32.2. The van der Waals surface area contributed by atoms with Gasteiger partial charge in [-0.05, 0) is 42.7 Å². The third kappa shape index (κ3) is 4.04. The van der Waals surface area contributed by atoms with E-state index >= 15 is 0 Å². The number of carbonyl (C=O) groups excluding carboxylic acids is 1. The molecule has 2 heterocycles. The van der Waals surface area contributed by atoms with Crippen LogP contribution in [0, 0.1) is 0 Å². The number of piperidine rings is 1. The molecule has 29 heavy (non-hydrogen) atoms. The molecule has 1 aliphatic heterocycles. The van der Waals surface area contributed by atoms with Crippen LogP contribution in [0.4, 0.5) is 9.18 Å². The number of aromatic nitrogens is 1. The number of sulfonamides is 1. The van der Waals surface area contributed by atoms with E-state index in [9.17, 15) is 17.6 Å². The van der Waals surface area contributed by atoms with Crippen LogP contribution in [0.5, 0.6) is 0 Å². The summed E-state index contributed by atoms with van der Waals surface area (Å²) in [5.41, 5.74) is 1.61. The fraction of sp³-hybridized carbons (Fsp3) is 0.286. The van der Waals surface area contributed by atoms with Crippen LogP contribution in [-0.2, 0) is 16.6 Å². The highest BCUT2D eigenvalue weighted by Gasteiger charge is 2.29. The smallest absolute Gasteiger partial charge is 0.326 e. The van der Waals surface area contributed by atoms with Crippen molar-refractivity contribution in [2.24, 2.45) is 0 Å². The van der Waals surface area contributed by atoms with Crippen molar-refractivity contribution in [2.75, 3.05) is 13.1 Å². The molecular formula is C21H22FN3O3S. The van der Waals surface area contributed by atoms with E-state index in [0.29, 0.717) is 0 Å². The van der Waals surface area contributed by atoms with E-state index in [1.54, 1.807) is 22.9 Å². The van der Waals surface area contributed by atoms with Crippen molar-refractivity contribution in [1.29, 1.82) is 0 Å². The van der Waals surface area contributed by atoms with Gasteiger partial charge in [-0.1, -0.05) is 30.3 Å². The highest BCUT2D eigenvalue weighted by molar-refractivity contribution is 7.89. The Hall–Kier alpha value is -2.71. The molecule has 0 radical (unpaired) electrons. The lowest BCUT2D eigenvalue weighted by molar-refractivity contribution is 0.210. The first kappa shape index (κ1) is 19.6. The van der Waals surface area contributed by atoms with E-state index in [4.69, 9.17) is 0 Å². The molecular weight excluding hydrogens is 393 g/mol. The predicted octanol–water partition coefficient (Wildman–Crippen LogP) is 3.52. The Bertz CT molecular complexity index is 1120. The first-order valence-electron chi connectivity index (χ1n) is 9.52. The molecule has 1 amide bonds. The Morgan fingerprint density at radius 2 is 1.72 bits per heavy atom. The molecule has 0 spiro atoms. The van der Waals surface area contributed by atoms with Gasteiger partial charge < -0.3 is 5.32 Å². The fourth-order valence-electron chi connectivity index (χ4n) is 3.52. The zero-order valence-corrected chi connectivity index (χ0v) is 16.6. The minimum absolute atomic E-state index is 0.182. The topological polar surface area (TPSA) is 71.4 Å². The maximum Gasteiger partial charge on any atom is 0.326 e. The molecule has 0 atom stereocenters. The van der Waals surface area contributed by atoms with Crippen molar-refractivity contribution in [3.05, 3.63) is 66.4 Å². The number of nitrogens with zero attached hydrogens (tertiary/aromatic N) is 2. The summed E-state index contributed by atoms with van der Waals surface area (Å²) in [4.78, 5) is 12.7. The lowest BCUT2D eigenvalue weighted by Gasteiger charge is -2.27. The lowest BCUT2D eigenvalue weighted by atomic mass is 10.1. The molecule has 1 aromatic heterocycles. The van der Waals surface area contributed by atoms with Gasteiger partial charge in [-0.15, -0.1) is 0 Å². The van der Waals surface area contributed by atoms with Gasteiger partial charge in [0, 0.05) is 31.2 Å². The average molecular weight is 415 g/mol. The van der Waals surface area contributed by atoms with E-state index in [2.05, 4.69) is 5.32 Å². The second kappa shape index (κ2) is 7.96. The van der Waals surface area contributed by atoms with E-state index in [1.165, 1.54) is 16.4 Å². The highest BCUT2D eigenvalue weighted by Crippen LogP contribution is 2.22. The molecule has 1 N–H and O–H groups in total. The minimum atomic E-state index is -3.62.